The molecular formula is C17H24N2O5. The molecule has 0 bridgehead atoms. The van der Waals surface area contributed by atoms with Gasteiger partial charge in [0, 0.05) is 38.7 Å². The molecule has 0 radical (unpaired) electrons. The van der Waals surface area contributed by atoms with Crippen molar-refractivity contribution in [2.24, 2.45) is 5.92 Å². The molecule has 7 heteroatoms. The van der Waals surface area contributed by atoms with Gasteiger partial charge in [0.25, 0.3) is 0 Å². The standard InChI is InChI=1S/C17H24N2O5/c1-18(2)15(20)10-19-8-12(13(9-19)17(21)22)11-6-5-7-14(23-3)16(11)24-4/h5-7,12-13H,8-10H2,1-4H3,(H,21,22)/t12-,13+/m1/s1. The molecule has 1 saturated heterocycles. The normalized spacial score (nSPS) is 20.7. The third-order valence-corrected chi connectivity index (χ3v) is 4.40. The van der Waals surface area contributed by atoms with E-state index in [1.807, 2.05) is 17.0 Å². The highest BCUT2D eigenvalue weighted by atomic mass is 16.5. The molecule has 1 aromatic rings. The lowest BCUT2D eigenvalue weighted by Crippen LogP contribution is -2.35. The van der Waals surface area contributed by atoms with Crippen LogP contribution in [-0.4, -0.2) is 74.7 Å². The molecule has 0 saturated carbocycles. The third kappa shape index (κ3) is 3.62. The van der Waals surface area contributed by atoms with E-state index in [-0.39, 0.29) is 18.4 Å². The Hall–Kier alpha value is -2.28. The second kappa shape index (κ2) is 7.53. The number of hydrogen-bond acceptors (Lipinski definition) is 5. The minimum Gasteiger partial charge on any atom is -0.493 e. The fraction of sp³-hybridized carbons (Fsp3) is 0.529. The maximum absolute atomic E-state index is 11.9. The molecule has 1 aromatic carbocycles. The number of ether oxygens (including phenoxy) is 2. The zero-order valence-electron chi connectivity index (χ0n) is 14.5. The number of hydrogen-bond donors (Lipinski definition) is 1. The van der Waals surface area contributed by atoms with E-state index in [0.29, 0.717) is 24.6 Å². The van der Waals surface area contributed by atoms with Crippen molar-refractivity contribution in [3.63, 3.8) is 0 Å². The first-order valence-electron chi connectivity index (χ1n) is 7.75. The smallest absolute Gasteiger partial charge is 0.308 e. The van der Waals surface area contributed by atoms with Crippen LogP contribution in [-0.2, 0) is 9.59 Å². The molecule has 0 aromatic heterocycles. The van der Waals surface area contributed by atoms with E-state index in [2.05, 4.69) is 0 Å². The average Bonchev–Trinajstić information content (AvgIpc) is 2.97. The highest BCUT2D eigenvalue weighted by molar-refractivity contribution is 5.78. The molecule has 0 unspecified atom stereocenters. The van der Waals surface area contributed by atoms with Gasteiger partial charge in [-0.05, 0) is 6.07 Å². The number of carbonyl (C=O) groups excluding carboxylic acids is 1. The lowest BCUT2D eigenvalue weighted by molar-refractivity contribution is -0.142. The Morgan fingerprint density at radius 1 is 1.25 bits per heavy atom. The molecule has 1 heterocycles. The highest BCUT2D eigenvalue weighted by Gasteiger charge is 2.40. The van der Waals surface area contributed by atoms with Crippen LogP contribution in [0.25, 0.3) is 0 Å². The van der Waals surface area contributed by atoms with E-state index in [9.17, 15) is 14.7 Å². The first-order chi connectivity index (χ1) is 11.4. The molecular weight excluding hydrogens is 312 g/mol. The zero-order valence-corrected chi connectivity index (χ0v) is 14.5. The van der Waals surface area contributed by atoms with Crippen molar-refractivity contribution in [2.45, 2.75) is 5.92 Å². The van der Waals surface area contributed by atoms with E-state index >= 15 is 0 Å². The molecule has 1 aliphatic rings. The van der Waals surface area contributed by atoms with Crippen molar-refractivity contribution in [1.29, 1.82) is 0 Å². The number of carboxylic acid groups (broad SMARTS) is 1. The lowest BCUT2D eigenvalue weighted by atomic mass is 9.88. The third-order valence-electron chi connectivity index (χ3n) is 4.40. The molecule has 7 nitrogen and oxygen atoms in total. The first kappa shape index (κ1) is 18.1. The second-order valence-electron chi connectivity index (χ2n) is 6.12. The Morgan fingerprint density at radius 3 is 2.50 bits per heavy atom. The van der Waals surface area contributed by atoms with E-state index in [1.54, 1.807) is 34.4 Å². The molecule has 2 rings (SSSR count). The number of rotatable bonds is 6. The molecule has 0 aliphatic carbocycles. The topological polar surface area (TPSA) is 79.3 Å². The van der Waals surface area contributed by atoms with Gasteiger partial charge in [-0.25, -0.2) is 0 Å². The van der Waals surface area contributed by atoms with Gasteiger partial charge in [0.15, 0.2) is 11.5 Å². The summed E-state index contributed by atoms with van der Waals surface area (Å²) in [4.78, 5) is 27.0. The second-order valence-corrected chi connectivity index (χ2v) is 6.12. The van der Waals surface area contributed by atoms with Gasteiger partial charge >= 0.3 is 5.97 Å². The van der Waals surface area contributed by atoms with Crippen LogP contribution in [0.2, 0.25) is 0 Å². The van der Waals surface area contributed by atoms with Crippen molar-refractivity contribution in [2.75, 3.05) is 47.9 Å². The Bertz CT molecular complexity index is 617. The van der Waals surface area contributed by atoms with Gasteiger partial charge in [-0.3, -0.25) is 14.5 Å². The number of likely N-dealkylation sites (tertiary alicyclic amines) is 1. The van der Waals surface area contributed by atoms with Gasteiger partial charge in [0.1, 0.15) is 0 Å². The van der Waals surface area contributed by atoms with E-state index < -0.39 is 11.9 Å². The van der Waals surface area contributed by atoms with E-state index in [1.165, 1.54) is 4.90 Å². The van der Waals surface area contributed by atoms with Crippen molar-refractivity contribution >= 4 is 11.9 Å². The number of para-hydroxylation sites is 1. The van der Waals surface area contributed by atoms with Gasteiger partial charge in [-0.15, -0.1) is 0 Å². The average molecular weight is 336 g/mol. The van der Waals surface area contributed by atoms with Gasteiger partial charge in [-0.2, -0.15) is 0 Å². The molecule has 1 amide bonds. The number of benzene rings is 1. The van der Waals surface area contributed by atoms with Crippen LogP contribution in [0, 0.1) is 5.92 Å². The first-order valence-corrected chi connectivity index (χ1v) is 7.75. The van der Waals surface area contributed by atoms with Gasteiger partial charge < -0.3 is 19.5 Å². The van der Waals surface area contributed by atoms with Gasteiger partial charge in [-0.1, -0.05) is 12.1 Å². The monoisotopic (exact) mass is 336 g/mol. The predicted octanol–water partition coefficient (Wildman–Crippen LogP) is 0.892. The fourth-order valence-corrected chi connectivity index (χ4v) is 3.12. The number of nitrogens with zero attached hydrogens (tertiary/aromatic N) is 2. The molecule has 24 heavy (non-hydrogen) atoms. The van der Waals surface area contributed by atoms with Crippen molar-refractivity contribution in [3.8, 4) is 11.5 Å². The Kier molecular flexibility index (Phi) is 5.66. The Morgan fingerprint density at radius 2 is 1.96 bits per heavy atom. The minimum absolute atomic E-state index is 0.0441. The summed E-state index contributed by atoms with van der Waals surface area (Å²) >= 11 is 0. The molecule has 1 fully saturated rings. The Balaban J connectivity index is 2.31. The van der Waals surface area contributed by atoms with Crippen LogP contribution < -0.4 is 9.47 Å². The summed E-state index contributed by atoms with van der Waals surface area (Å²) in [7, 11) is 6.47. The molecule has 1 N–H and O–H groups in total. The lowest BCUT2D eigenvalue weighted by Gasteiger charge is -2.20. The summed E-state index contributed by atoms with van der Waals surface area (Å²) in [6.07, 6.45) is 0. The number of carboxylic acids is 1. The van der Waals surface area contributed by atoms with Gasteiger partial charge in [0.2, 0.25) is 5.91 Å². The summed E-state index contributed by atoms with van der Waals surface area (Å²) in [5.74, 6) is -0.649. The van der Waals surface area contributed by atoms with E-state index in [4.69, 9.17) is 9.47 Å². The molecule has 1 aliphatic heterocycles. The van der Waals surface area contributed by atoms with Crippen LogP contribution in [0.4, 0.5) is 0 Å². The number of methoxy groups -OCH3 is 2. The largest absolute Gasteiger partial charge is 0.493 e. The molecule has 0 spiro atoms. The summed E-state index contributed by atoms with van der Waals surface area (Å²) in [5.41, 5.74) is 0.795. The molecule has 2 atom stereocenters. The van der Waals surface area contributed by atoms with Crippen LogP contribution in [0.5, 0.6) is 11.5 Å². The van der Waals surface area contributed by atoms with Crippen LogP contribution in [0.1, 0.15) is 11.5 Å². The summed E-state index contributed by atoms with van der Waals surface area (Å²) in [6, 6.07) is 5.46. The van der Waals surface area contributed by atoms with E-state index in [0.717, 1.165) is 5.56 Å². The summed E-state index contributed by atoms with van der Waals surface area (Å²) in [6.45, 7) is 1.03. The fourth-order valence-electron chi connectivity index (χ4n) is 3.12. The number of aliphatic carboxylic acids is 1. The molecule has 132 valence electrons. The quantitative estimate of drug-likeness (QED) is 0.831. The SMILES string of the molecule is COc1cccc([C@H]2CN(CC(=O)N(C)C)C[C@@H]2C(=O)O)c1OC. The van der Waals surface area contributed by atoms with Crippen molar-refractivity contribution in [1.82, 2.24) is 9.80 Å². The van der Waals surface area contributed by atoms with Crippen LogP contribution in [0.3, 0.4) is 0 Å². The van der Waals surface area contributed by atoms with Crippen LogP contribution >= 0.6 is 0 Å². The summed E-state index contributed by atoms with van der Waals surface area (Å²) < 4.78 is 10.8. The maximum Gasteiger partial charge on any atom is 0.308 e. The highest BCUT2D eigenvalue weighted by Crippen LogP contribution is 2.41. The summed E-state index contributed by atoms with van der Waals surface area (Å²) in [5, 5.41) is 9.60. The maximum atomic E-state index is 11.9. The van der Waals surface area contributed by atoms with Crippen molar-refractivity contribution < 1.29 is 24.2 Å². The number of carbonyl (C=O) groups is 2. The van der Waals surface area contributed by atoms with Gasteiger partial charge in [0.05, 0.1) is 26.7 Å². The predicted molar refractivity (Wildman–Crippen MR) is 88.5 cm³/mol. The van der Waals surface area contributed by atoms with Crippen LogP contribution in [0.15, 0.2) is 18.2 Å². The number of amides is 1. The zero-order chi connectivity index (χ0) is 17.9. The Labute approximate surface area is 141 Å². The van der Waals surface area contributed by atoms with Crippen molar-refractivity contribution in [3.05, 3.63) is 23.8 Å². The minimum atomic E-state index is -0.871. The number of likely N-dealkylation sites (N-methyl/N-ethyl adjacent to an activating group) is 1.